The standard InChI is InChI=1S/C16H12ClN5O2/c17-14-11(10-4-9(10)8-2-1-3-18-6-8)5-13(21-22-14)12-7-19-16(24)20-15(12)23/h1-3,5-7,9-10H,4H2,(H2,19,20,23,24)/t9-,10+/m1/s1. The maximum Gasteiger partial charge on any atom is 0.325 e. The van der Waals surface area contributed by atoms with Crippen molar-refractivity contribution in [3.8, 4) is 11.3 Å². The lowest BCUT2D eigenvalue weighted by molar-refractivity contribution is 0.949. The lowest BCUT2D eigenvalue weighted by Gasteiger charge is -2.05. The molecule has 1 saturated carbocycles. The second kappa shape index (κ2) is 5.68. The summed E-state index contributed by atoms with van der Waals surface area (Å²) in [6.07, 6.45) is 5.86. The van der Waals surface area contributed by atoms with Crippen molar-refractivity contribution in [2.45, 2.75) is 18.3 Å². The minimum absolute atomic E-state index is 0.220. The molecule has 3 heterocycles. The average Bonchev–Trinajstić information content (AvgIpc) is 3.37. The molecule has 1 aliphatic carbocycles. The molecule has 120 valence electrons. The van der Waals surface area contributed by atoms with Crippen molar-refractivity contribution < 1.29 is 0 Å². The van der Waals surface area contributed by atoms with E-state index in [0.717, 1.165) is 17.5 Å². The lowest BCUT2D eigenvalue weighted by atomic mass is 10.1. The molecule has 3 aromatic rings. The van der Waals surface area contributed by atoms with Gasteiger partial charge in [0.1, 0.15) is 5.69 Å². The number of hydrogen-bond acceptors (Lipinski definition) is 5. The maximum absolute atomic E-state index is 11.9. The maximum atomic E-state index is 11.9. The Labute approximate surface area is 140 Å². The van der Waals surface area contributed by atoms with Crippen molar-refractivity contribution >= 4 is 11.6 Å². The van der Waals surface area contributed by atoms with Gasteiger partial charge in [-0.05, 0) is 41.5 Å². The van der Waals surface area contributed by atoms with Crippen LogP contribution in [0.25, 0.3) is 11.3 Å². The second-order valence-electron chi connectivity index (χ2n) is 5.70. The summed E-state index contributed by atoms with van der Waals surface area (Å²) in [5, 5.41) is 8.26. The van der Waals surface area contributed by atoms with Crippen LogP contribution in [0.5, 0.6) is 0 Å². The summed E-state index contributed by atoms with van der Waals surface area (Å²) in [6, 6.07) is 5.70. The number of pyridine rings is 1. The molecule has 0 unspecified atom stereocenters. The highest BCUT2D eigenvalue weighted by molar-refractivity contribution is 6.30. The number of aromatic amines is 2. The summed E-state index contributed by atoms with van der Waals surface area (Å²) < 4.78 is 0. The lowest BCUT2D eigenvalue weighted by Crippen LogP contribution is -2.23. The highest BCUT2D eigenvalue weighted by atomic mass is 35.5. The smallest absolute Gasteiger partial charge is 0.313 e. The Morgan fingerprint density at radius 2 is 2.08 bits per heavy atom. The summed E-state index contributed by atoms with van der Waals surface area (Å²) in [5.74, 6) is 0.555. The fourth-order valence-corrected chi connectivity index (χ4v) is 3.12. The SMILES string of the molecule is O=c1[nH]cc(-c2cc([C@H]3C[C@@H]3c3cccnc3)c(Cl)nn2)c(=O)[nH]1. The fourth-order valence-electron chi connectivity index (χ4n) is 2.89. The van der Waals surface area contributed by atoms with Crippen LogP contribution in [-0.2, 0) is 0 Å². The van der Waals surface area contributed by atoms with E-state index in [0.29, 0.717) is 16.8 Å². The predicted molar refractivity (Wildman–Crippen MR) is 88.1 cm³/mol. The molecular weight excluding hydrogens is 330 g/mol. The van der Waals surface area contributed by atoms with Crippen LogP contribution in [0.1, 0.15) is 29.4 Å². The van der Waals surface area contributed by atoms with E-state index in [2.05, 4.69) is 25.1 Å². The van der Waals surface area contributed by atoms with E-state index in [1.165, 1.54) is 6.20 Å². The minimum Gasteiger partial charge on any atom is -0.313 e. The highest BCUT2D eigenvalue weighted by Crippen LogP contribution is 2.55. The normalized spacial score (nSPS) is 19.2. The van der Waals surface area contributed by atoms with Gasteiger partial charge in [-0.1, -0.05) is 17.7 Å². The first-order chi connectivity index (χ1) is 11.6. The van der Waals surface area contributed by atoms with Gasteiger partial charge < -0.3 is 4.98 Å². The number of nitrogens with one attached hydrogen (secondary N) is 2. The van der Waals surface area contributed by atoms with Gasteiger partial charge in [0.25, 0.3) is 5.56 Å². The number of rotatable bonds is 3. The van der Waals surface area contributed by atoms with E-state index in [9.17, 15) is 9.59 Å². The molecule has 0 amide bonds. The summed E-state index contributed by atoms with van der Waals surface area (Å²) in [4.78, 5) is 31.8. The molecule has 0 bridgehead atoms. The van der Waals surface area contributed by atoms with Gasteiger partial charge in [-0.3, -0.25) is 14.8 Å². The first-order valence-electron chi connectivity index (χ1n) is 7.39. The van der Waals surface area contributed by atoms with Crippen molar-refractivity contribution in [3.63, 3.8) is 0 Å². The van der Waals surface area contributed by atoms with E-state index >= 15 is 0 Å². The minimum atomic E-state index is -0.565. The summed E-state index contributed by atoms with van der Waals surface area (Å²) in [7, 11) is 0. The molecule has 1 fully saturated rings. The first kappa shape index (κ1) is 14.8. The van der Waals surface area contributed by atoms with Crippen molar-refractivity contribution in [2.75, 3.05) is 0 Å². The zero-order chi connectivity index (χ0) is 16.7. The molecule has 2 N–H and O–H groups in total. The van der Waals surface area contributed by atoms with E-state index in [1.54, 1.807) is 12.3 Å². The number of hydrogen-bond donors (Lipinski definition) is 2. The molecule has 0 saturated heterocycles. The van der Waals surface area contributed by atoms with Crippen molar-refractivity contribution in [1.29, 1.82) is 0 Å². The van der Waals surface area contributed by atoms with Gasteiger partial charge in [0, 0.05) is 18.6 Å². The van der Waals surface area contributed by atoms with Crippen LogP contribution < -0.4 is 11.2 Å². The molecule has 0 spiro atoms. The van der Waals surface area contributed by atoms with Crippen LogP contribution in [0.15, 0.2) is 46.4 Å². The van der Waals surface area contributed by atoms with Gasteiger partial charge in [-0.15, -0.1) is 10.2 Å². The third kappa shape index (κ3) is 2.63. The zero-order valence-corrected chi connectivity index (χ0v) is 13.1. The van der Waals surface area contributed by atoms with Crippen molar-refractivity contribution in [3.05, 3.63) is 73.9 Å². The molecule has 8 heteroatoms. The molecule has 24 heavy (non-hydrogen) atoms. The Kier molecular flexibility index (Phi) is 3.50. The topological polar surface area (TPSA) is 104 Å². The number of nitrogens with zero attached hydrogens (tertiary/aromatic N) is 3. The van der Waals surface area contributed by atoms with E-state index < -0.39 is 11.2 Å². The molecule has 2 atom stereocenters. The molecule has 0 aliphatic heterocycles. The van der Waals surface area contributed by atoms with E-state index in [1.807, 2.05) is 18.3 Å². The van der Waals surface area contributed by atoms with Crippen molar-refractivity contribution in [1.82, 2.24) is 25.1 Å². The molecule has 0 aromatic carbocycles. The van der Waals surface area contributed by atoms with Crippen LogP contribution in [0.4, 0.5) is 0 Å². The number of halogens is 1. The molecule has 4 rings (SSSR count). The molecule has 0 radical (unpaired) electrons. The Bertz CT molecular complexity index is 1010. The fraction of sp³-hybridized carbons (Fsp3) is 0.188. The Morgan fingerprint density at radius 1 is 1.21 bits per heavy atom. The van der Waals surface area contributed by atoms with Gasteiger partial charge in [-0.25, -0.2) is 4.79 Å². The van der Waals surface area contributed by atoms with Crippen molar-refractivity contribution in [2.24, 2.45) is 0 Å². The molecular formula is C16H12ClN5O2. The highest BCUT2D eigenvalue weighted by Gasteiger charge is 2.41. The van der Waals surface area contributed by atoms with Gasteiger partial charge >= 0.3 is 5.69 Å². The molecule has 3 aromatic heterocycles. The largest absolute Gasteiger partial charge is 0.325 e. The summed E-state index contributed by atoms with van der Waals surface area (Å²) in [6.45, 7) is 0. The quantitative estimate of drug-likeness (QED) is 0.756. The zero-order valence-electron chi connectivity index (χ0n) is 12.4. The van der Waals surface area contributed by atoms with Gasteiger partial charge in [0.2, 0.25) is 0 Å². The monoisotopic (exact) mass is 341 g/mol. The summed E-state index contributed by atoms with van der Waals surface area (Å²) in [5.41, 5.74) is 1.55. The van der Waals surface area contributed by atoms with Crippen LogP contribution in [-0.4, -0.2) is 25.1 Å². The molecule has 1 aliphatic rings. The van der Waals surface area contributed by atoms with Crippen LogP contribution >= 0.6 is 11.6 Å². The number of H-pyrrole nitrogens is 2. The van der Waals surface area contributed by atoms with Gasteiger partial charge in [0.15, 0.2) is 5.15 Å². The first-order valence-corrected chi connectivity index (χ1v) is 7.76. The molecule has 7 nitrogen and oxygen atoms in total. The van der Waals surface area contributed by atoms with Gasteiger partial charge in [0.05, 0.1) is 5.56 Å². The van der Waals surface area contributed by atoms with Crippen LogP contribution in [0.2, 0.25) is 5.15 Å². The Balaban J connectivity index is 1.71. The van der Waals surface area contributed by atoms with E-state index in [-0.39, 0.29) is 11.5 Å². The van der Waals surface area contributed by atoms with Crippen LogP contribution in [0.3, 0.4) is 0 Å². The predicted octanol–water partition coefficient (Wildman–Crippen LogP) is 1.84. The average molecular weight is 342 g/mol. The summed E-state index contributed by atoms with van der Waals surface area (Å²) >= 11 is 6.20. The van der Waals surface area contributed by atoms with E-state index in [4.69, 9.17) is 11.6 Å². The van der Waals surface area contributed by atoms with Gasteiger partial charge in [-0.2, -0.15) is 0 Å². The Hall–Kier alpha value is -2.80. The number of aromatic nitrogens is 5. The third-order valence-electron chi connectivity index (χ3n) is 4.17. The van der Waals surface area contributed by atoms with Crippen LogP contribution in [0, 0.1) is 0 Å². The Morgan fingerprint density at radius 3 is 2.83 bits per heavy atom. The second-order valence-corrected chi connectivity index (χ2v) is 6.05. The third-order valence-corrected chi connectivity index (χ3v) is 4.47.